The molecule has 1 aliphatic rings. The van der Waals surface area contributed by atoms with E-state index in [2.05, 4.69) is 15.4 Å². The Kier molecular flexibility index (Phi) is 5.79. The Morgan fingerprint density at radius 1 is 1.27 bits per heavy atom. The molecular weight excluding hydrogens is 399 g/mol. The maximum absolute atomic E-state index is 12.5. The molecule has 1 N–H and O–H groups in total. The van der Waals surface area contributed by atoms with Gasteiger partial charge in [-0.2, -0.15) is 9.61 Å². The number of hydrogen-bond acceptors (Lipinski definition) is 6. The molecule has 0 aliphatic carbocycles. The maximum atomic E-state index is 12.5. The van der Waals surface area contributed by atoms with Crippen molar-refractivity contribution in [3.05, 3.63) is 48.0 Å². The fourth-order valence-electron chi connectivity index (χ4n) is 3.73. The lowest BCUT2D eigenvalue weighted by atomic mass is 9.94. The highest BCUT2D eigenvalue weighted by atomic mass is 32.2. The molecule has 0 bridgehead atoms. The summed E-state index contributed by atoms with van der Waals surface area (Å²) in [5.41, 5.74) is 3.08. The first-order valence-corrected chi connectivity index (χ1v) is 11.6. The summed E-state index contributed by atoms with van der Waals surface area (Å²) in [6.07, 6.45) is 6.61. The van der Waals surface area contributed by atoms with Gasteiger partial charge in [0.25, 0.3) is 0 Å². The maximum Gasteiger partial charge on any atom is 0.216 e. The van der Waals surface area contributed by atoms with E-state index >= 15 is 0 Å². The molecule has 0 aromatic carbocycles. The smallest absolute Gasteiger partial charge is 0.216 e. The van der Waals surface area contributed by atoms with Crippen LogP contribution < -0.4 is 10.8 Å². The number of sulfonamides is 1. The number of piperidine rings is 1. The summed E-state index contributed by atoms with van der Waals surface area (Å²) in [6, 6.07) is 5.89. The third kappa shape index (κ3) is 4.06. The minimum absolute atomic E-state index is 0.168. The van der Waals surface area contributed by atoms with Crippen molar-refractivity contribution in [2.45, 2.75) is 44.4 Å². The van der Waals surface area contributed by atoms with E-state index in [1.165, 1.54) is 0 Å². The van der Waals surface area contributed by atoms with Gasteiger partial charge < -0.3 is 5.32 Å². The van der Waals surface area contributed by atoms with Gasteiger partial charge in [0.2, 0.25) is 10.0 Å². The van der Waals surface area contributed by atoms with E-state index in [9.17, 15) is 8.42 Å². The number of hydrogen-bond donors (Lipinski definition) is 1. The van der Waals surface area contributed by atoms with Gasteiger partial charge >= 0.3 is 0 Å². The Morgan fingerprint density at radius 3 is 2.70 bits per heavy atom. The molecule has 1 aliphatic heterocycles. The molecule has 4 heterocycles. The summed E-state index contributed by atoms with van der Waals surface area (Å²) in [7, 11) is 2.87. The van der Waals surface area contributed by atoms with Crippen molar-refractivity contribution in [3.8, 4) is 0 Å². The molecule has 0 spiro atoms. The lowest BCUT2D eigenvalue weighted by molar-refractivity contribution is 0.314. The van der Waals surface area contributed by atoms with Gasteiger partial charge in [-0.15, -0.1) is 0 Å². The standard InChI is InChI=1S/C20H25BN6O2S/c1-14(2)30(28,29)26-8-5-16(6-9-26)18-10-19(23-12-15-4-3-7-22-11-15)27-20(25-18)17(21)13-24-27/h3-4,7,10-11,13-14,16,23H,5-6,8-9,12H2,1-2H3. The van der Waals surface area contributed by atoms with E-state index < -0.39 is 15.3 Å². The van der Waals surface area contributed by atoms with E-state index in [1.54, 1.807) is 35.1 Å². The van der Waals surface area contributed by atoms with Crippen LogP contribution in [0.1, 0.15) is 43.9 Å². The number of aromatic nitrogens is 4. The average Bonchev–Trinajstić information content (AvgIpc) is 3.13. The van der Waals surface area contributed by atoms with E-state index in [4.69, 9.17) is 12.8 Å². The molecular formula is C20H25BN6O2S. The van der Waals surface area contributed by atoms with E-state index in [0.717, 1.165) is 29.9 Å². The van der Waals surface area contributed by atoms with Crippen LogP contribution in [0.4, 0.5) is 5.82 Å². The summed E-state index contributed by atoms with van der Waals surface area (Å²) < 4.78 is 28.2. The number of fused-ring (bicyclic) bond motifs is 1. The number of anilines is 1. The lowest BCUT2D eigenvalue weighted by Crippen LogP contribution is -2.41. The fraction of sp³-hybridized carbons (Fsp3) is 0.450. The molecule has 10 heteroatoms. The molecule has 0 saturated carbocycles. The van der Waals surface area contributed by atoms with E-state index in [0.29, 0.717) is 30.7 Å². The molecule has 3 aromatic rings. The monoisotopic (exact) mass is 424 g/mol. The second-order valence-corrected chi connectivity index (χ2v) is 10.4. The van der Waals surface area contributed by atoms with E-state index in [1.807, 2.05) is 24.4 Å². The van der Waals surface area contributed by atoms with Crippen molar-refractivity contribution in [2.75, 3.05) is 18.4 Å². The largest absolute Gasteiger partial charge is 0.366 e. The van der Waals surface area contributed by atoms with E-state index in [-0.39, 0.29) is 5.92 Å². The first kappa shape index (κ1) is 20.8. The Morgan fingerprint density at radius 2 is 2.03 bits per heavy atom. The molecule has 8 nitrogen and oxygen atoms in total. The summed E-state index contributed by atoms with van der Waals surface area (Å²) in [6.45, 7) is 5.05. The molecule has 1 fully saturated rings. The van der Waals surface area contributed by atoms with Crippen molar-refractivity contribution in [2.24, 2.45) is 0 Å². The second-order valence-electron chi connectivity index (χ2n) is 7.88. The van der Waals surface area contributed by atoms with Crippen LogP contribution in [0.25, 0.3) is 5.65 Å². The SMILES string of the molecule is [B]c1cnn2c(NCc3cccnc3)cc(C3CCN(S(=O)(=O)C(C)C)CC3)nc12. The zero-order valence-electron chi connectivity index (χ0n) is 17.2. The Labute approximate surface area is 178 Å². The van der Waals surface area contributed by atoms with Crippen LogP contribution in [0, 0.1) is 0 Å². The number of pyridine rings is 1. The fourth-order valence-corrected chi connectivity index (χ4v) is 5.05. The van der Waals surface area contributed by atoms with Crippen LogP contribution >= 0.6 is 0 Å². The molecule has 3 aromatic heterocycles. The van der Waals surface area contributed by atoms with Crippen molar-refractivity contribution in [1.29, 1.82) is 0 Å². The normalized spacial score (nSPS) is 16.4. The van der Waals surface area contributed by atoms with Gasteiger partial charge in [0.05, 0.1) is 5.25 Å². The minimum atomic E-state index is -3.22. The summed E-state index contributed by atoms with van der Waals surface area (Å²) in [5.74, 6) is 0.967. The third-order valence-corrected chi connectivity index (χ3v) is 7.82. The minimum Gasteiger partial charge on any atom is -0.366 e. The van der Waals surface area contributed by atoms with Gasteiger partial charge in [-0.05, 0) is 43.8 Å². The molecule has 156 valence electrons. The highest BCUT2D eigenvalue weighted by Gasteiger charge is 2.31. The van der Waals surface area contributed by atoms with Gasteiger partial charge in [-0.25, -0.2) is 17.7 Å². The summed E-state index contributed by atoms with van der Waals surface area (Å²) in [4.78, 5) is 8.90. The second kappa shape index (κ2) is 8.35. The quantitative estimate of drug-likeness (QED) is 0.603. The van der Waals surface area contributed by atoms with Crippen molar-refractivity contribution >= 4 is 34.8 Å². The first-order valence-electron chi connectivity index (χ1n) is 10.1. The van der Waals surface area contributed by atoms with Crippen LogP contribution in [0.2, 0.25) is 0 Å². The predicted molar refractivity (Wildman–Crippen MR) is 118 cm³/mol. The van der Waals surface area contributed by atoms with Gasteiger partial charge in [0.1, 0.15) is 19.3 Å². The molecule has 0 unspecified atom stereocenters. The van der Waals surface area contributed by atoms with Crippen LogP contribution in [0.5, 0.6) is 0 Å². The number of nitrogens with one attached hydrogen (secondary N) is 1. The number of nitrogens with zero attached hydrogens (tertiary/aromatic N) is 5. The summed E-state index contributed by atoms with van der Waals surface area (Å²) >= 11 is 0. The van der Waals surface area contributed by atoms with Crippen molar-refractivity contribution in [3.63, 3.8) is 0 Å². The summed E-state index contributed by atoms with van der Waals surface area (Å²) in [5, 5.41) is 7.34. The molecule has 0 amide bonds. The molecule has 2 radical (unpaired) electrons. The molecule has 1 saturated heterocycles. The topological polar surface area (TPSA) is 92.5 Å². The molecule has 4 rings (SSSR count). The zero-order chi connectivity index (χ0) is 21.3. The average molecular weight is 424 g/mol. The van der Waals surface area contributed by atoms with Crippen LogP contribution in [0.3, 0.4) is 0 Å². The highest BCUT2D eigenvalue weighted by molar-refractivity contribution is 7.89. The third-order valence-electron chi connectivity index (χ3n) is 5.54. The highest BCUT2D eigenvalue weighted by Crippen LogP contribution is 2.30. The van der Waals surface area contributed by atoms with Crippen LogP contribution in [0.15, 0.2) is 36.8 Å². The van der Waals surface area contributed by atoms with Gasteiger partial charge in [0.15, 0.2) is 0 Å². The predicted octanol–water partition coefficient (Wildman–Crippen LogP) is 1.45. The molecule has 30 heavy (non-hydrogen) atoms. The Balaban J connectivity index is 1.57. The van der Waals surface area contributed by atoms with Gasteiger partial charge in [-0.1, -0.05) is 6.07 Å². The Hall–Kier alpha value is -2.46. The van der Waals surface area contributed by atoms with Crippen molar-refractivity contribution in [1.82, 2.24) is 23.9 Å². The first-order chi connectivity index (χ1) is 14.4. The van der Waals surface area contributed by atoms with Crippen molar-refractivity contribution < 1.29 is 8.42 Å². The van der Waals surface area contributed by atoms with Gasteiger partial charge in [-0.3, -0.25) is 4.98 Å². The lowest BCUT2D eigenvalue weighted by Gasteiger charge is -2.32. The zero-order valence-corrected chi connectivity index (χ0v) is 18.0. The van der Waals surface area contributed by atoms with Crippen LogP contribution in [-0.2, 0) is 16.6 Å². The molecule has 0 atom stereocenters. The van der Waals surface area contributed by atoms with Crippen LogP contribution in [-0.4, -0.2) is 58.5 Å². The Bertz CT molecular complexity index is 1120. The number of rotatable bonds is 6. The van der Waals surface area contributed by atoms with Gasteiger partial charge in [0, 0.05) is 55.9 Å².